The number of rotatable bonds is 13. The molecule has 3 aromatic rings. The number of nitrogens with zero attached hydrogens (tertiary/aromatic N) is 1. The van der Waals surface area contributed by atoms with Crippen LogP contribution in [0, 0.1) is 13.8 Å². The Morgan fingerprint density at radius 3 is 2.24 bits per heavy atom. The molecule has 0 aliphatic carbocycles. The maximum Gasteiger partial charge on any atom is 0.329 e. The molecule has 0 radical (unpaired) electrons. The van der Waals surface area contributed by atoms with Crippen LogP contribution in [0.15, 0.2) is 64.2 Å². The van der Waals surface area contributed by atoms with Crippen molar-refractivity contribution in [3.05, 3.63) is 75.8 Å². The number of hydrazone groups is 1. The fraction of sp³-hybridized carbons (Fsp3) is 0.290. The van der Waals surface area contributed by atoms with Crippen LogP contribution in [0.1, 0.15) is 43.4 Å². The smallest absolute Gasteiger partial charge is 0.329 e. The highest BCUT2D eigenvalue weighted by atomic mass is 79.9. The van der Waals surface area contributed by atoms with Crippen molar-refractivity contribution in [1.29, 1.82) is 0 Å². The predicted molar refractivity (Wildman–Crippen MR) is 167 cm³/mol. The van der Waals surface area contributed by atoms with E-state index in [-0.39, 0.29) is 12.5 Å². The van der Waals surface area contributed by atoms with E-state index in [0.717, 1.165) is 34.1 Å². The Bertz CT molecular complexity index is 1400. The Balaban J connectivity index is 1.53. The second-order valence-corrected chi connectivity index (χ2v) is 10.2. The average Bonchev–Trinajstić information content (AvgIpc) is 2.95. The van der Waals surface area contributed by atoms with Gasteiger partial charge in [-0.3, -0.25) is 14.4 Å². The van der Waals surface area contributed by atoms with Crippen LogP contribution in [-0.4, -0.2) is 43.8 Å². The number of aryl methyl sites for hydroxylation is 2. The minimum absolute atomic E-state index is 0.220. The molecule has 0 aromatic heterocycles. The molecule has 0 unspecified atom stereocenters. The lowest BCUT2D eigenvalue weighted by atomic mass is 10.1. The van der Waals surface area contributed by atoms with Gasteiger partial charge in [0.25, 0.3) is 5.91 Å². The molecule has 222 valence electrons. The van der Waals surface area contributed by atoms with E-state index in [1.54, 1.807) is 42.5 Å². The van der Waals surface area contributed by atoms with Crippen LogP contribution in [-0.2, 0) is 14.4 Å². The highest BCUT2D eigenvalue weighted by molar-refractivity contribution is 9.10. The third kappa shape index (κ3) is 9.91. The number of ether oxygens (including phenoxy) is 3. The maximum absolute atomic E-state index is 12.6. The van der Waals surface area contributed by atoms with Crippen LogP contribution in [0.3, 0.4) is 0 Å². The van der Waals surface area contributed by atoms with E-state index in [1.807, 2.05) is 32.9 Å². The van der Waals surface area contributed by atoms with Gasteiger partial charge in [0.05, 0.1) is 19.4 Å². The van der Waals surface area contributed by atoms with Gasteiger partial charge in [-0.05, 0) is 98.5 Å². The van der Waals surface area contributed by atoms with Gasteiger partial charge in [-0.2, -0.15) is 5.10 Å². The summed E-state index contributed by atoms with van der Waals surface area (Å²) in [4.78, 5) is 37.0. The third-order valence-corrected chi connectivity index (χ3v) is 6.31. The fourth-order valence-electron chi connectivity index (χ4n) is 3.79. The molecule has 0 aliphatic rings. The highest BCUT2D eigenvalue weighted by Crippen LogP contribution is 2.29. The Morgan fingerprint density at radius 1 is 0.857 bits per heavy atom. The van der Waals surface area contributed by atoms with Gasteiger partial charge >= 0.3 is 11.8 Å². The molecule has 0 atom stereocenters. The summed E-state index contributed by atoms with van der Waals surface area (Å²) < 4.78 is 17.9. The van der Waals surface area contributed by atoms with Crippen LogP contribution in [0.4, 0.5) is 11.4 Å². The zero-order chi connectivity index (χ0) is 30.5. The summed E-state index contributed by atoms with van der Waals surface area (Å²) in [5.74, 6) is -0.643. The number of carbonyl (C=O) groups is 3. The van der Waals surface area contributed by atoms with Crippen molar-refractivity contribution in [2.45, 2.75) is 40.5 Å². The lowest BCUT2D eigenvalue weighted by Crippen LogP contribution is -2.32. The molecule has 0 bridgehead atoms. The van der Waals surface area contributed by atoms with Crippen LogP contribution in [0.25, 0.3) is 0 Å². The first-order valence-electron chi connectivity index (χ1n) is 13.5. The van der Waals surface area contributed by atoms with E-state index in [1.165, 1.54) is 6.21 Å². The van der Waals surface area contributed by atoms with Crippen molar-refractivity contribution in [1.82, 2.24) is 5.43 Å². The van der Waals surface area contributed by atoms with Crippen molar-refractivity contribution >= 4 is 51.2 Å². The van der Waals surface area contributed by atoms with Gasteiger partial charge in [-0.15, -0.1) is 0 Å². The Kier molecular flexibility index (Phi) is 12.4. The summed E-state index contributed by atoms with van der Waals surface area (Å²) in [7, 11) is 0. The number of anilines is 2. The van der Waals surface area contributed by atoms with Gasteiger partial charge in [0.2, 0.25) is 0 Å². The number of benzene rings is 3. The summed E-state index contributed by atoms with van der Waals surface area (Å²) in [5.41, 5.74) is 5.84. The van der Waals surface area contributed by atoms with Crippen molar-refractivity contribution in [3.63, 3.8) is 0 Å². The van der Waals surface area contributed by atoms with Crippen LogP contribution >= 0.6 is 15.9 Å². The molecular weight excluding hydrogens is 604 g/mol. The Hall–Kier alpha value is -4.38. The topological polar surface area (TPSA) is 127 Å². The van der Waals surface area contributed by atoms with Crippen molar-refractivity contribution < 1.29 is 28.6 Å². The van der Waals surface area contributed by atoms with Crippen molar-refractivity contribution in [3.8, 4) is 17.2 Å². The summed E-state index contributed by atoms with van der Waals surface area (Å²) >= 11 is 3.45. The number of nitrogens with one attached hydrogen (secondary N) is 3. The molecule has 10 nitrogen and oxygen atoms in total. The lowest BCUT2D eigenvalue weighted by molar-refractivity contribution is -0.136. The van der Waals surface area contributed by atoms with Crippen molar-refractivity contribution in [2.24, 2.45) is 5.10 Å². The first kappa shape index (κ1) is 32.1. The zero-order valence-electron chi connectivity index (χ0n) is 24.1. The van der Waals surface area contributed by atoms with Gasteiger partial charge in [0, 0.05) is 15.8 Å². The molecule has 3 rings (SSSR count). The van der Waals surface area contributed by atoms with Crippen LogP contribution in [0.2, 0.25) is 0 Å². The quantitative estimate of drug-likeness (QED) is 0.0947. The first-order valence-corrected chi connectivity index (χ1v) is 14.3. The van der Waals surface area contributed by atoms with Crippen LogP contribution in [0.5, 0.6) is 17.2 Å². The summed E-state index contributed by atoms with van der Waals surface area (Å²) in [5, 5.41) is 9.27. The lowest BCUT2D eigenvalue weighted by Gasteiger charge is -2.14. The van der Waals surface area contributed by atoms with Gasteiger partial charge in [0.15, 0.2) is 18.1 Å². The molecule has 11 heteroatoms. The molecule has 0 fully saturated rings. The monoisotopic (exact) mass is 638 g/mol. The van der Waals surface area contributed by atoms with Gasteiger partial charge < -0.3 is 24.8 Å². The SMILES string of the molecule is CCCCOc1ccc(NC(=O)C(=O)N/N=C\c2ccc(OCC(=O)Nc3c(C)cc(Br)cc3C)c(OCC)c2)cc1. The number of carbonyl (C=O) groups excluding carboxylic acids is 3. The molecule has 3 amide bonds. The van der Waals surface area contributed by atoms with E-state index in [0.29, 0.717) is 41.7 Å². The summed E-state index contributed by atoms with van der Waals surface area (Å²) in [6.07, 6.45) is 3.36. The number of hydrogen-bond donors (Lipinski definition) is 3. The molecule has 0 spiro atoms. The second kappa shape index (κ2) is 16.2. The fourth-order valence-corrected chi connectivity index (χ4v) is 4.48. The summed E-state index contributed by atoms with van der Waals surface area (Å²) in [6.45, 7) is 8.50. The largest absolute Gasteiger partial charge is 0.494 e. The maximum atomic E-state index is 12.6. The second-order valence-electron chi connectivity index (χ2n) is 9.27. The van der Waals surface area contributed by atoms with Gasteiger partial charge in [-0.25, -0.2) is 5.43 Å². The van der Waals surface area contributed by atoms with E-state index < -0.39 is 11.8 Å². The molecule has 0 saturated heterocycles. The number of amides is 3. The van der Waals surface area contributed by atoms with E-state index in [2.05, 4.69) is 44.0 Å². The minimum Gasteiger partial charge on any atom is -0.494 e. The minimum atomic E-state index is -0.929. The molecule has 42 heavy (non-hydrogen) atoms. The molecule has 3 N–H and O–H groups in total. The molecule has 0 aliphatic heterocycles. The van der Waals surface area contributed by atoms with Crippen molar-refractivity contribution in [2.75, 3.05) is 30.5 Å². The number of unbranched alkanes of at least 4 members (excludes halogenated alkanes) is 1. The highest BCUT2D eigenvalue weighted by Gasteiger charge is 2.14. The molecule has 0 saturated carbocycles. The molecule has 0 heterocycles. The normalized spacial score (nSPS) is 10.7. The Morgan fingerprint density at radius 2 is 1.57 bits per heavy atom. The van der Waals surface area contributed by atoms with E-state index in [9.17, 15) is 14.4 Å². The van der Waals surface area contributed by atoms with Gasteiger partial charge in [0.1, 0.15) is 5.75 Å². The number of halogens is 1. The van der Waals surface area contributed by atoms with Gasteiger partial charge in [-0.1, -0.05) is 29.3 Å². The van der Waals surface area contributed by atoms with E-state index >= 15 is 0 Å². The zero-order valence-corrected chi connectivity index (χ0v) is 25.7. The molecular formula is C31H35BrN4O6. The predicted octanol–water partition coefficient (Wildman–Crippen LogP) is 5.75. The molecule has 3 aromatic carbocycles. The number of hydrogen-bond acceptors (Lipinski definition) is 7. The standard InChI is InChI=1S/C31H35BrN4O6/c1-5-7-14-41-25-11-9-24(10-12-25)34-30(38)31(39)36-33-18-22-8-13-26(27(17-22)40-6-2)42-19-28(37)35-29-20(3)15-23(32)16-21(29)4/h8-13,15-18H,5-7,14,19H2,1-4H3,(H,34,38)(H,35,37)(H,36,39)/b33-18-. The third-order valence-electron chi connectivity index (χ3n) is 5.85. The average molecular weight is 640 g/mol. The van der Waals surface area contributed by atoms with Crippen LogP contribution < -0.4 is 30.3 Å². The first-order chi connectivity index (χ1) is 20.2. The van der Waals surface area contributed by atoms with E-state index in [4.69, 9.17) is 14.2 Å². The Labute approximate surface area is 253 Å². The summed E-state index contributed by atoms with van der Waals surface area (Å²) in [6, 6.07) is 15.6.